The molecule has 1 saturated heterocycles. The normalized spacial score (nSPS) is 21.2. The van der Waals surface area contributed by atoms with E-state index in [0.29, 0.717) is 30.0 Å². The third kappa shape index (κ3) is 2.66. The molecule has 0 unspecified atom stereocenters. The van der Waals surface area contributed by atoms with Crippen molar-refractivity contribution in [2.24, 2.45) is 5.41 Å². The highest BCUT2D eigenvalue weighted by atomic mass is 16.5. The molecule has 6 heteroatoms. The fourth-order valence-electron chi connectivity index (χ4n) is 2.53. The van der Waals surface area contributed by atoms with Crippen LogP contribution >= 0.6 is 0 Å². The summed E-state index contributed by atoms with van der Waals surface area (Å²) >= 11 is 0. The maximum atomic E-state index is 12.6. The van der Waals surface area contributed by atoms with E-state index in [0.717, 1.165) is 0 Å². The summed E-state index contributed by atoms with van der Waals surface area (Å²) in [6.45, 7) is 2.27. The molecule has 1 heterocycles. The minimum atomic E-state index is -0.887. The number of aliphatic carboxylic acids is 1. The average Bonchev–Trinajstić information content (AvgIpc) is 2.89. The third-order valence-corrected chi connectivity index (χ3v) is 3.91. The van der Waals surface area contributed by atoms with Crippen molar-refractivity contribution in [2.75, 3.05) is 27.3 Å². The molecule has 1 aromatic rings. The van der Waals surface area contributed by atoms with E-state index in [4.69, 9.17) is 9.47 Å². The van der Waals surface area contributed by atoms with Gasteiger partial charge in [0.1, 0.15) is 0 Å². The summed E-state index contributed by atoms with van der Waals surface area (Å²) in [6, 6.07) is 5.07. The monoisotopic (exact) mass is 293 g/mol. The Labute approximate surface area is 123 Å². The van der Waals surface area contributed by atoms with Gasteiger partial charge in [-0.15, -0.1) is 0 Å². The first kappa shape index (κ1) is 15.2. The van der Waals surface area contributed by atoms with Crippen molar-refractivity contribution in [2.45, 2.75) is 13.3 Å². The van der Waals surface area contributed by atoms with Crippen LogP contribution in [0.3, 0.4) is 0 Å². The first-order valence-electron chi connectivity index (χ1n) is 6.66. The molecule has 1 fully saturated rings. The Kier molecular flexibility index (Phi) is 4.06. The zero-order valence-corrected chi connectivity index (χ0v) is 12.4. The van der Waals surface area contributed by atoms with E-state index in [1.165, 1.54) is 14.2 Å². The molecule has 1 amide bonds. The highest BCUT2D eigenvalue weighted by Gasteiger charge is 2.42. The molecule has 0 aliphatic carbocycles. The van der Waals surface area contributed by atoms with Gasteiger partial charge in [-0.3, -0.25) is 9.59 Å². The predicted molar refractivity (Wildman–Crippen MR) is 75.8 cm³/mol. The molecule has 0 radical (unpaired) electrons. The fourth-order valence-corrected chi connectivity index (χ4v) is 2.53. The van der Waals surface area contributed by atoms with E-state index in [2.05, 4.69) is 0 Å². The van der Waals surface area contributed by atoms with E-state index in [-0.39, 0.29) is 12.5 Å². The second-order valence-corrected chi connectivity index (χ2v) is 5.38. The van der Waals surface area contributed by atoms with Gasteiger partial charge >= 0.3 is 5.97 Å². The van der Waals surface area contributed by atoms with Gasteiger partial charge in [-0.05, 0) is 25.5 Å². The Bertz CT molecular complexity index is 571. The number of nitrogens with zero attached hydrogens (tertiary/aromatic N) is 1. The van der Waals surface area contributed by atoms with E-state index < -0.39 is 11.4 Å². The van der Waals surface area contributed by atoms with Gasteiger partial charge in [0.25, 0.3) is 5.91 Å². The summed E-state index contributed by atoms with van der Waals surface area (Å²) < 4.78 is 10.4. The standard InChI is InChI=1S/C15H19NO5/c1-15(14(18)19)7-8-16(9-15)13(17)10-5-4-6-11(20-2)12(10)21-3/h4-6H,7-9H2,1-3H3,(H,18,19)/t15-/m0/s1. The zero-order chi connectivity index (χ0) is 15.6. The number of para-hydroxylation sites is 1. The van der Waals surface area contributed by atoms with Crippen molar-refractivity contribution in [3.05, 3.63) is 23.8 Å². The van der Waals surface area contributed by atoms with Crippen LogP contribution in [-0.4, -0.2) is 49.2 Å². The molecule has 1 aliphatic heterocycles. The molecule has 0 bridgehead atoms. The maximum absolute atomic E-state index is 12.6. The Balaban J connectivity index is 2.28. The lowest BCUT2D eigenvalue weighted by molar-refractivity contribution is -0.147. The van der Waals surface area contributed by atoms with Crippen LogP contribution in [0.1, 0.15) is 23.7 Å². The van der Waals surface area contributed by atoms with Gasteiger partial charge in [-0.25, -0.2) is 0 Å². The van der Waals surface area contributed by atoms with E-state index in [1.807, 2.05) is 0 Å². The number of hydrogen-bond donors (Lipinski definition) is 1. The second kappa shape index (κ2) is 5.63. The molecule has 2 rings (SSSR count). The molecule has 21 heavy (non-hydrogen) atoms. The van der Waals surface area contributed by atoms with Crippen LogP contribution in [-0.2, 0) is 4.79 Å². The van der Waals surface area contributed by atoms with Crippen LogP contribution < -0.4 is 9.47 Å². The molecule has 0 saturated carbocycles. The molecule has 0 spiro atoms. The van der Waals surface area contributed by atoms with E-state index in [9.17, 15) is 14.7 Å². The van der Waals surface area contributed by atoms with Crippen LogP contribution in [0.25, 0.3) is 0 Å². The quantitative estimate of drug-likeness (QED) is 0.913. The first-order valence-corrected chi connectivity index (χ1v) is 6.66. The van der Waals surface area contributed by atoms with Crippen LogP contribution in [0.4, 0.5) is 0 Å². The molecule has 0 aromatic heterocycles. The van der Waals surface area contributed by atoms with Crippen molar-refractivity contribution in [1.82, 2.24) is 4.90 Å². The Morgan fingerprint density at radius 1 is 1.29 bits per heavy atom. The summed E-state index contributed by atoms with van der Waals surface area (Å²) in [5.41, 5.74) is -0.506. The van der Waals surface area contributed by atoms with Crippen molar-refractivity contribution in [3.8, 4) is 11.5 Å². The largest absolute Gasteiger partial charge is 0.493 e. The molecular weight excluding hydrogens is 274 g/mol. The number of carbonyl (C=O) groups is 2. The smallest absolute Gasteiger partial charge is 0.311 e. The van der Waals surface area contributed by atoms with Crippen molar-refractivity contribution in [3.63, 3.8) is 0 Å². The molecule has 1 N–H and O–H groups in total. The minimum absolute atomic E-state index is 0.196. The van der Waals surface area contributed by atoms with Gasteiger partial charge in [-0.1, -0.05) is 6.07 Å². The molecule has 1 aromatic carbocycles. The number of rotatable bonds is 4. The predicted octanol–water partition coefficient (Wildman–Crippen LogP) is 1.64. The Morgan fingerprint density at radius 3 is 2.52 bits per heavy atom. The zero-order valence-electron chi connectivity index (χ0n) is 12.4. The summed E-state index contributed by atoms with van der Waals surface area (Å²) in [5.74, 6) is -0.274. The molecule has 1 aliphatic rings. The van der Waals surface area contributed by atoms with Crippen molar-refractivity contribution < 1.29 is 24.2 Å². The Hall–Kier alpha value is -2.24. The van der Waals surface area contributed by atoms with Gasteiger partial charge < -0.3 is 19.5 Å². The number of carbonyl (C=O) groups excluding carboxylic acids is 1. The summed E-state index contributed by atoms with van der Waals surface area (Å²) in [7, 11) is 2.98. The molecule has 1 atom stereocenters. The maximum Gasteiger partial charge on any atom is 0.311 e. The number of carboxylic acids is 1. The van der Waals surface area contributed by atoms with Gasteiger partial charge in [0.2, 0.25) is 0 Å². The lowest BCUT2D eigenvalue weighted by atomic mass is 9.90. The summed E-state index contributed by atoms with van der Waals surface area (Å²) in [4.78, 5) is 25.4. The second-order valence-electron chi connectivity index (χ2n) is 5.38. The number of carboxylic acid groups (broad SMARTS) is 1. The Morgan fingerprint density at radius 2 is 2.00 bits per heavy atom. The number of benzene rings is 1. The number of likely N-dealkylation sites (tertiary alicyclic amines) is 1. The minimum Gasteiger partial charge on any atom is -0.493 e. The number of ether oxygens (including phenoxy) is 2. The van der Waals surface area contributed by atoms with E-state index >= 15 is 0 Å². The number of methoxy groups -OCH3 is 2. The van der Waals surface area contributed by atoms with Gasteiger partial charge in [0.05, 0.1) is 25.2 Å². The van der Waals surface area contributed by atoms with Gasteiger partial charge in [-0.2, -0.15) is 0 Å². The van der Waals surface area contributed by atoms with E-state index in [1.54, 1.807) is 30.0 Å². The van der Waals surface area contributed by atoms with Crippen molar-refractivity contribution in [1.29, 1.82) is 0 Å². The highest BCUT2D eigenvalue weighted by Crippen LogP contribution is 2.35. The van der Waals surface area contributed by atoms with Crippen LogP contribution in [0, 0.1) is 5.41 Å². The van der Waals surface area contributed by atoms with Gasteiger partial charge in [0.15, 0.2) is 11.5 Å². The first-order chi connectivity index (χ1) is 9.92. The lowest BCUT2D eigenvalue weighted by Gasteiger charge is -2.21. The van der Waals surface area contributed by atoms with Crippen LogP contribution in [0.15, 0.2) is 18.2 Å². The number of amides is 1. The van der Waals surface area contributed by atoms with Crippen LogP contribution in [0.5, 0.6) is 11.5 Å². The summed E-state index contributed by atoms with van der Waals surface area (Å²) in [6.07, 6.45) is 0.445. The van der Waals surface area contributed by atoms with Gasteiger partial charge in [0, 0.05) is 13.1 Å². The topological polar surface area (TPSA) is 76.1 Å². The summed E-state index contributed by atoms with van der Waals surface area (Å²) in [5, 5.41) is 9.24. The SMILES string of the molecule is COc1cccc(C(=O)N2CC[C@](C)(C(=O)O)C2)c1OC. The highest BCUT2D eigenvalue weighted by molar-refractivity contribution is 5.98. The molecule has 114 valence electrons. The lowest BCUT2D eigenvalue weighted by Crippen LogP contribution is -2.35. The average molecular weight is 293 g/mol. The molecule has 6 nitrogen and oxygen atoms in total. The number of hydrogen-bond acceptors (Lipinski definition) is 4. The molecular formula is C15H19NO5. The fraction of sp³-hybridized carbons (Fsp3) is 0.467. The van der Waals surface area contributed by atoms with Crippen LogP contribution in [0.2, 0.25) is 0 Å². The van der Waals surface area contributed by atoms with Crippen molar-refractivity contribution >= 4 is 11.9 Å². The third-order valence-electron chi connectivity index (χ3n) is 3.91.